The molecule has 3 aromatic carbocycles. The van der Waals surface area contributed by atoms with Crippen LogP contribution < -0.4 is 10.6 Å². The number of nitrogens with one attached hydrogen (secondary N) is 2. The fourth-order valence-electron chi connectivity index (χ4n) is 4.00. The first-order chi connectivity index (χ1) is 15.3. The average molecular weight is 452 g/mol. The van der Waals surface area contributed by atoms with Crippen LogP contribution in [0.3, 0.4) is 0 Å². The van der Waals surface area contributed by atoms with Crippen molar-refractivity contribution < 1.29 is 19.5 Å². The Hall–Kier alpha value is -3.58. The molecule has 8 heteroatoms. The third kappa shape index (κ3) is 4.24. The number of para-hydroxylation sites is 1. The number of hydrogen-bond acceptors (Lipinski definition) is 3. The number of likely N-dealkylation sites (tertiary alicyclic amines) is 1. The zero-order chi connectivity index (χ0) is 22.8. The van der Waals surface area contributed by atoms with Crippen molar-refractivity contribution in [2.45, 2.75) is 25.8 Å². The van der Waals surface area contributed by atoms with E-state index in [0.717, 1.165) is 16.3 Å². The lowest BCUT2D eigenvalue weighted by Gasteiger charge is -2.23. The molecule has 0 radical (unpaired) electrons. The van der Waals surface area contributed by atoms with Gasteiger partial charge in [-0.15, -0.1) is 0 Å². The Bertz CT molecular complexity index is 1210. The second-order valence-corrected chi connectivity index (χ2v) is 8.16. The van der Waals surface area contributed by atoms with E-state index < -0.39 is 23.9 Å². The molecule has 1 heterocycles. The number of amides is 3. The maximum Gasteiger partial charge on any atom is 0.326 e. The standard InChI is InChI=1S/C24H22ClN3O4/c1-14-6-4-9-18(25)21(14)27-24(32)26-19-13-16-8-3-2-7-15(16)12-17(19)22(29)28-11-5-10-20(28)23(30)31/h2-4,6-9,12-13,20H,5,10-11H2,1H3,(H,30,31)(H2,26,27,32)/t20-/m0/s1. The summed E-state index contributed by atoms with van der Waals surface area (Å²) in [5, 5.41) is 17.0. The lowest BCUT2D eigenvalue weighted by molar-refractivity contribution is -0.141. The van der Waals surface area contributed by atoms with E-state index in [0.29, 0.717) is 35.8 Å². The van der Waals surface area contributed by atoms with Crippen LogP contribution in [-0.4, -0.2) is 40.5 Å². The molecule has 0 saturated carbocycles. The lowest BCUT2D eigenvalue weighted by Crippen LogP contribution is -2.40. The van der Waals surface area contributed by atoms with Gasteiger partial charge in [0.05, 0.1) is 22.0 Å². The maximum absolute atomic E-state index is 13.3. The van der Waals surface area contributed by atoms with Crippen LogP contribution in [0.15, 0.2) is 54.6 Å². The summed E-state index contributed by atoms with van der Waals surface area (Å²) in [6.07, 6.45) is 1.02. The van der Waals surface area contributed by atoms with Gasteiger partial charge in [-0.3, -0.25) is 4.79 Å². The largest absolute Gasteiger partial charge is 0.480 e. The number of carboxylic acid groups (broad SMARTS) is 1. The molecule has 3 amide bonds. The minimum atomic E-state index is -1.03. The first-order valence-corrected chi connectivity index (χ1v) is 10.6. The molecule has 1 aliphatic rings. The molecule has 0 aromatic heterocycles. The molecule has 1 atom stereocenters. The summed E-state index contributed by atoms with van der Waals surface area (Å²) in [6, 6.07) is 14.7. The fraction of sp³-hybridized carbons (Fsp3) is 0.208. The van der Waals surface area contributed by atoms with E-state index in [4.69, 9.17) is 11.6 Å². The molecule has 164 valence electrons. The van der Waals surface area contributed by atoms with Gasteiger partial charge in [0.15, 0.2) is 0 Å². The van der Waals surface area contributed by atoms with Crippen LogP contribution in [0.2, 0.25) is 5.02 Å². The molecule has 7 nitrogen and oxygen atoms in total. The highest BCUT2D eigenvalue weighted by Crippen LogP contribution is 2.30. The summed E-state index contributed by atoms with van der Waals surface area (Å²) in [4.78, 5) is 39.1. The number of halogens is 1. The van der Waals surface area contributed by atoms with E-state index >= 15 is 0 Å². The van der Waals surface area contributed by atoms with Crippen LogP contribution in [0.5, 0.6) is 0 Å². The zero-order valence-electron chi connectivity index (χ0n) is 17.4. The predicted molar refractivity (Wildman–Crippen MR) is 124 cm³/mol. The number of nitrogens with zero attached hydrogens (tertiary/aromatic N) is 1. The Morgan fingerprint density at radius 2 is 1.75 bits per heavy atom. The van der Waals surface area contributed by atoms with Crippen LogP contribution in [-0.2, 0) is 4.79 Å². The molecule has 0 spiro atoms. The van der Waals surface area contributed by atoms with Crippen molar-refractivity contribution in [2.75, 3.05) is 17.2 Å². The summed E-state index contributed by atoms with van der Waals surface area (Å²) in [7, 11) is 0. The molecule has 4 rings (SSSR count). The predicted octanol–water partition coefficient (Wildman–Crippen LogP) is 5.13. The molecular weight excluding hydrogens is 430 g/mol. The van der Waals surface area contributed by atoms with Crippen LogP contribution in [0.25, 0.3) is 10.8 Å². The highest BCUT2D eigenvalue weighted by molar-refractivity contribution is 6.34. The van der Waals surface area contributed by atoms with E-state index in [-0.39, 0.29) is 5.56 Å². The van der Waals surface area contributed by atoms with Crippen LogP contribution in [0.1, 0.15) is 28.8 Å². The van der Waals surface area contributed by atoms with Crippen molar-refractivity contribution in [3.05, 3.63) is 70.7 Å². The van der Waals surface area contributed by atoms with Crippen molar-refractivity contribution in [3.8, 4) is 0 Å². The van der Waals surface area contributed by atoms with Crippen molar-refractivity contribution in [1.82, 2.24) is 4.90 Å². The number of anilines is 2. The molecule has 3 N–H and O–H groups in total. The minimum absolute atomic E-state index is 0.239. The molecule has 1 saturated heterocycles. The fourth-order valence-corrected chi connectivity index (χ4v) is 4.27. The monoisotopic (exact) mass is 451 g/mol. The maximum atomic E-state index is 13.3. The summed E-state index contributed by atoms with van der Waals surface area (Å²) in [5.74, 6) is -1.46. The number of aryl methyl sites for hydroxylation is 1. The molecule has 0 unspecified atom stereocenters. The Labute approximate surface area is 190 Å². The van der Waals surface area contributed by atoms with E-state index in [1.165, 1.54) is 4.90 Å². The smallest absolute Gasteiger partial charge is 0.326 e. The first-order valence-electron chi connectivity index (χ1n) is 10.2. The van der Waals surface area contributed by atoms with Crippen LogP contribution >= 0.6 is 11.6 Å². The van der Waals surface area contributed by atoms with E-state index in [9.17, 15) is 19.5 Å². The summed E-state index contributed by atoms with van der Waals surface area (Å²) in [5.41, 5.74) is 1.81. The molecule has 0 bridgehead atoms. The summed E-state index contributed by atoms with van der Waals surface area (Å²) >= 11 is 6.21. The Morgan fingerprint density at radius 3 is 2.44 bits per heavy atom. The minimum Gasteiger partial charge on any atom is -0.480 e. The van der Waals surface area contributed by atoms with Gasteiger partial charge in [0.1, 0.15) is 6.04 Å². The van der Waals surface area contributed by atoms with Gasteiger partial charge in [0.25, 0.3) is 5.91 Å². The van der Waals surface area contributed by atoms with Crippen LogP contribution in [0.4, 0.5) is 16.2 Å². The van der Waals surface area contributed by atoms with Gasteiger partial charge in [-0.1, -0.05) is 48.0 Å². The van der Waals surface area contributed by atoms with Crippen LogP contribution in [0, 0.1) is 6.92 Å². The van der Waals surface area contributed by atoms with Gasteiger partial charge in [-0.2, -0.15) is 0 Å². The third-order valence-electron chi connectivity index (χ3n) is 5.62. The summed E-state index contributed by atoms with van der Waals surface area (Å²) in [6.45, 7) is 2.18. The number of carboxylic acids is 1. The number of aliphatic carboxylic acids is 1. The number of fused-ring (bicyclic) bond motifs is 1. The van der Waals surface area contributed by atoms with Gasteiger partial charge in [0.2, 0.25) is 0 Å². The zero-order valence-corrected chi connectivity index (χ0v) is 18.1. The van der Waals surface area contributed by atoms with E-state index in [1.807, 2.05) is 37.3 Å². The Kier molecular flexibility index (Phi) is 6.01. The van der Waals surface area contributed by atoms with Crippen molar-refractivity contribution in [2.24, 2.45) is 0 Å². The topological polar surface area (TPSA) is 98.7 Å². The third-order valence-corrected chi connectivity index (χ3v) is 5.94. The number of carbonyl (C=O) groups excluding carboxylic acids is 2. The van der Waals surface area contributed by atoms with E-state index in [2.05, 4.69) is 10.6 Å². The molecule has 1 fully saturated rings. The average Bonchev–Trinajstić information content (AvgIpc) is 3.26. The van der Waals surface area contributed by atoms with Crippen molar-refractivity contribution in [1.29, 1.82) is 0 Å². The van der Waals surface area contributed by atoms with Crippen molar-refractivity contribution in [3.63, 3.8) is 0 Å². The molecule has 0 aliphatic carbocycles. The highest BCUT2D eigenvalue weighted by Gasteiger charge is 2.35. The number of urea groups is 1. The molecular formula is C24H22ClN3O4. The van der Waals surface area contributed by atoms with Gasteiger partial charge >= 0.3 is 12.0 Å². The van der Waals surface area contributed by atoms with Gasteiger partial charge in [-0.05, 0) is 54.3 Å². The molecule has 32 heavy (non-hydrogen) atoms. The number of hydrogen-bond donors (Lipinski definition) is 3. The second kappa shape index (κ2) is 8.88. The number of rotatable bonds is 4. The van der Waals surface area contributed by atoms with Gasteiger partial charge in [0, 0.05) is 6.54 Å². The van der Waals surface area contributed by atoms with Gasteiger partial charge in [-0.25, -0.2) is 9.59 Å². The molecule has 1 aliphatic heterocycles. The summed E-state index contributed by atoms with van der Waals surface area (Å²) < 4.78 is 0. The Balaban J connectivity index is 1.69. The van der Waals surface area contributed by atoms with E-state index in [1.54, 1.807) is 24.3 Å². The lowest BCUT2D eigenvalue weighted by atomic mass is 10.0. The second-order valence-electron chi connectivity index (χ2n) is 7.75. The van der Waals surface area contributed by atoms with Gasteiger partial charge < -0.3 is 20.6 Å². The highest BCUT2D eigenvalue weighted by atomic mass is 35.5. The normalized spacial score (nSPS) is 15.6. The quantitative estimate of drug-likeness (QED) is 0.511. The first kappa shape index (κ1) is 21.6. The molecule has 3 aromatic rings. The number of benzene rings is 3. The Morgan fingerprint density at radius 1 is 1.03 bits per heavy atom. The van der Waals surface area contributed by atoms with Crippen molar-refractivity contribution >= 4 is 51.7 Å². The number of carbonyl (C=O) groups is 3. The SMILES string of the molecule is Cc1cccc(Cl)c1NC(=O)Nc1cc2ccccc2cc1C(=O)N1CCC[C@H]1C(=O)O.